The second kappa shape index (κ2) is 5.70. The number of aryl methyl sites for hydroxylation is 1. The molecule has 3 aliphatic rings. The number of hydrogen-bond acceptors (Lipinski definition) is 5. The monoisotopic (exact) mass is 335 g/mol. The molecule has 0 amide bonds. The molecule has 1 aromatic heterocycles. The maximum Gasteiger partial charge on any atom is 0.222 e. The third-order valence-corrected chi connectivity index (χ3v) is 6.22. The van der Waals surface area contributed by atoms with E-state index in [9.17, 15) is 0 Å². The molecule has 3 N–H and O–H groups in total. The first-order valence-electron chi connectivity index (χ1n) is 9.44. The number of fused-ring (bicyclic) bond motifs is 3. The molecular weight excluding hydrogens is 310 g/mol. The molecule has 25 heavy (non-hydrogen) atoms. The number of anilines is 2. The van der Waals surface area contributed by atoms with Crippen LogP contribution in [0.1, 0.15) is 30.4 Å². The van der Waals surface area contributed by atoms with Gasteiger partial charge in [-0.25, -0.2) is 4.98 Å². The zero-order chi connectivity index (χ0) is 16.9. The maximum absolute atomic E-state index is 6.14. The van der Waals surface area contributed by atoms with Crippen LogP contribution in [0.25, 0.3) is 11.3 Å². The molecule has 3 heterocycles. The minimum atomic E-state index is 0.399. The number of nitrogens with two attached hydrogens (primary N) is 1. The summed E-state index contributed by atoms with van der Waals surface area (Å²) in [5.74, 6) is 1.49. The van der Waals surface area contributed by atoms with Crippen molar-refractivity contribution in [3.05, 3.63) is 35.4 Å². The van der Waals surface area contributed by atoms with Crippen LogP contribution in [-0.4, -0.2) is 36.1 Å². The molecule has 130 valence electrons. The SMILES string of the molecule is Nc1nc2c(c(N3CCC4(CCNC4)C3)n1)CCCc1ccccc1-2. The van der Waals surface area contributed by atoms with Crippen molar-refractivity contribution >= 4 is 11.8 Å². The van der Waals surface area contributed by atoms with Gasteiger partial charge < -0.3 is 16.0 Å². The van der Waals surface area contributed by atoms with E-state index in [0.29, 0.717) is 11.4 Å². The van der Waals surface area contributed by atoms with Crippen molar-refractivity contribution in [3.63, 3.8) is 0 Å². The molecule has 2 aliphatic heterocycles. The fraction of sp³-hybridized carbons (Fsp3) is 0.500. The van der Waals surface area contributed by atoms with Crippen molar-refractivity contribution in [3.8, 4) is 11.3 Å². The van der Waals surface area contributed by atoms with Crippen LogP contribution in [0, 0.1) is 5.41 Å². The summed E-state index contributed by atoms with van der Waals surface area (Å²) in [6.07, 6.45) is 5.79. The Morgan fingerprint density at radius 3 is 2.92 bits per heavy atom. The van der Waals surface area contributed by atoms with Gasteiger partial charge in [0.25, 0.3) is 0 Å². The molecule has 1 aliphatic carbocycles. The van der Waals surface area contributed by atoms with Crippen LogP contribution in [0.4, 0.5) is 11.8 Å². The Hall–Kier alpha value is -2.14. The Balaban J connectivity index is 1.60. The quantitative estimate of drug-likeness (QED) is 0.838. The lowest BCUT2D eigenvalue weighted by atomic mass is 9.86. The average molecular weight is 335 g/mol. The van der Waals surface area contributed by atoms with Gasteiger partial charge in [-0.15, -0.1) is 0 Å². The summed E-state index contributed by atoms with van der Waals surface area (Å²) in [7, 11) is 0. The number of rotatable bonds is 1. The molecular formula is C20H25N5. The lowest BCUT2D eigenvalue weighted by Gasteiger charge is -2.25. The van der Waals surface area contributed by atoms with E-state index in [2.05, 4.69) is 39.5 Å². The van der Waals surface area contributed by atoms with Crippen molar-refractivity contribution in [2.24, 2.45) is 5.41 Å². The Morgan fingerprint density at radius 2 is 2.04 bits per heavy atom. The van der Waals surface area contributed by atoms with Crippen LogP contribution in [0.15, 0.2) is 24.3 Å². The zero-order valence-corrected chi connectivity index (χ0v) is 14.6. The second-order valence-electron chi connectivity index (χ2n) is 7.84. The molecule has 2 saturated heterocycles. The van der Waals surface area contributed by atoms with E-state index in [0.717, 1.165) is 57.0 Å². The number of aromatic nitrogens is 2. The summed E-state index contributed by atoms with van der Waals surface area (Å²) in [5.41, 5.74) is 11.5. The van der Waals surface area contributed by atoms with Crippen LogP contribution >= 0.6 is 0 Å². The minimum Gasteiger partial charge on any atom is -0.368 e. The predicted octanol–water partition coefficient (Wildman–Crippen LogP) is 2.40. The average Bonchev–Trinajstić information content (AvgIpc) is 3.22. The van der Waals surface area contributed by atoms with Crippen LogP contribution in [0.3, 0.4) is 0 Å². The lowest BCUT2D eigenvalue weighted by Crippen LogP contribution is -2.30. The molecule has 1 atom stereocenters. The first-order chi connectivity index (χ1) is 12.2. The summed E-state index contributed by atoms with van der Waals surface area (Å²) in [6, 6.07) is 8.62. The third-order valence-electron chi connectivity index (χ3n) is 6.22. The van der Waals surface area contributed by atoms with Crippen molar-refractivity contribution in [1.82, 2.24) is 15.3 Å². The molecule has 5 rings (SSSR count). The van der Waals surface area contributed by atoms with Crippen LogP contribution in [0.2, 0.25) is 0 Å². The molecule has 0 bridgehead atoms. The van der Waals surface area contributed by atoms with E-state index in [-0.39, 0.29) is 0 Å². The van der Waals surface area contributed by atoms with Gasteiger partial charge >= 0.3 is 0 Å². The fourth-order valence-electron chi connectivity index (χ4n) is 4.89. The second-order valence-corrected chi connectivity index (χ2v) is 7.84. The summed E-state index contributed by atoms with van der Waals surface area (Å²) in [6.45, 7) is 4.44. The summed E-state index contributed by atoms with van der Waals surface area (Å²) >= 11 is 0. The highest BCUT2D eigenvalue weighted by Gasteiger charge is 2.41. The van der Waals surface area contributed by atoms with E-state index >= 15 is 0 Å². The van der Waals surface area contributed by atoms with E-state index in [1.54, 1.807) is 0 Å². The largest absolute Gasteiger partial charge is 0.368 e. The zero-order valence-electron chi connectivity index (χ0n) is 14.6. The summed E-state index contributed by atoms with van der Waals surface area (Å²) < 4.78 is 0. The smallest absolute Gasteiger partial charge is 0.222 e. The Kier molecular flexibility index (Phi) is 3.45. The first kappa shape index (κ1) is 15.1. The molecule has 0 radical (unpaired) electrons. The molecule has 2 fully saturated rings. The van der Waals surface area contributed by atoms with Crippen molar-refractivity contribution in [2.45, 2.75) is 32.1 Å². The lowest BCUT2D eigenvalue weighted by molar-refractivity contribution is 0.369. The molecule has 0 saturated carbocycles. The van der Waals surface area contributed by atoms with E-state index < -0.39 is 0 Å². The molecule has 1 spiro atoms. The van der Waals surface area contributed by atoms with Gasteiger partial charge in [0.15, 0.2) is 0 Å². The van der Waals surface area contributed by atoms with Crippen molar-refractivity contribution in [2.75, 3.05) is 36.8 Å². The molecule has 1 unspecified atom stereocenters. The van der Waals surface area contributed by atoms with Gasteiger partial charge in [-0.05, 0) is 44.2 Å². The third kappa shape index (κ3) is 2.49. The first-order valence-corrected chi connectivity index (χ1v) is 9.44. The van der Waals surface area contributed by atoms with Crippen LogP contribution in [0.5, 0.6) is 0 Å². The predicted molar refractivity (Wildman–Crippen MR) is 101 cm³/mol. The Labute approximate surface area is 148 Å². The molecule has 2 aromatic rings. The standard InChI is InChI=1S/C20H25N5/c21-19-23-17-15-6-2-1-4-14(15)5-3-7-16(17)18(24-19)25-11-9-20(13-25)8-10-22-12-20/h1-2,4,6,22H,3,5,7-13H2,(H2,21,23,24). The normalized spacial score (nSPS) is 25.0. The van der Waals surface area contributed by atoms with Gasteiger partial charge in [0.2, 0.25) is 5.95 Å². The van der Waals surface area contributed by atoms with E-state index in [4.69, 9.17) is 10.7 Å². The minimum absolute atomic E-state index is 0.399. The fourth-order valence-corrected chi connectivity index (χ4v) is 4.89. The van der Waals surface area contributed by atoms with Crippen LogP contribution < -0.4 is 16.0 Å². The van der Waals surface area contributed by atoms with Gasteiger partial charge in [0.05, 0.1) is 5.69 Å². The molecule has 1 aromatic carbocycles. The molecule has 5 nitrogen and oxygen atoms in total. The summed E-state index contributed by atoms with van der Waals surface area (Å²) in [4.78, 5) is 11.8. The number of benzene rings is 1. The maximum atomic E-state index is 6.14. The van der Waals surface area contributed by atoms with E-state index in [1.165, 1.54) is 29.5 Å². The van der Waals surface area contributed by atoms with Crippen molar-refractivity contribution < 1.29 is 0 Å². The number of hydrogen-bond donors (Lipinski definition) is 2. The van der Waals surface area contributed by atoms with Gasteiger partial charge in [0.1, 0.15) is 5.82 Å². The summed E-state index contributed by atoms with van der Waals surface area (Å²) in [5, 5.41) is 3.54. The number of nitrogens with one attached hydrogen (secondary N) is 1. The van der Waals surface area contributed by atoms with Crippen molar-refractivity contribution in [1.29, 1.82) is 0 Å². The number of nitrogen functional groups attached to an aromatic ring is 1. The van der Waals surface area contributed by atoms with Gasteiger partial charge in [0, 0.05) is 36.2 Å². The molecule has 5 heteroatoms. The highest BCUT2D eigenvalue weighted by atomic mass is 15.2. The highest BCUT2D eigenvalue weighted by Crippen LogP contribution is 2.41. The Morgan fingerprint density at radius 1 is 1.12 bits per heavy atom. The van der Waals surface area contributed by atoms with Crippen LogP contribution in [-0.2, 0) is 12.8 Å². The van der Waals surface area contributed by atoms with Gasteiger partial charge in [-0.2, -0.15) is 4.98 Å². The number of nitrogens with zero attached hydrogens (tertiary/aromatic N) is 3. The van der Waals surface area contributed by atoms with Gasteiger partial charge in [-0.3, -0.25) is 0 Å². The highest BCUT2D eigenvalue weighted by molar-refractivity contribution is 5.74. The van der Waals surface area contributed by atoms with Gasteiger partial charge in [-0.1, -0.05) is 24.3 Å². The Bertz CT molecular complexity index is 810. The topological polar surface area (TPSA) is 67.1 Å². The van der Waals surface area contributed by atoms with E-state index in [1.807, 2.05) is 0 Å².